The lowest BCUT2D eigenvalue weighted by Crippen LogP contribution is -2.43. The van der Waals surface area contributed by atoms with Gasteiger partial charge in [0.1, 0.15) is 0 Å². The Morgan fingerprint density at radius 1 is 1.22 bits per heavy atom. The van der Waals surface area contributed by atoms with Crippen molar-refractivity contribution in [3.63, 3.8) is 0 Å². The van der Waals surface area contributed by atoms with Gasteiger partial charge in [-0.15, -0.1) is 0 Å². The zero-order valence-electron chi connectivity index (χ0n) is 15.3. The predicted octanol–water partition coefficient (Wildman–Crippen LogP) is 3.09. The average Bonchev–Trinajstić information content (AvgIpc) is 3.02. The Kier molecular flexibility index (Phi) is 8.59. The normalized spacial score (nSPS) is 29.7. The molecule has 2 rings (SSSR count). The number of nitrogens with zero attached hydrogens (tertiary/aromatic N) is 2. The Bertz CT molecular complexity index is 361. The highest BCUT2D eigenvalue weighted by Gasteiger charge is 2.24. The first-order valence-corrected chi connectivity index (χ1v) is 10.8. The van der Waals surface area contributed by atoms with Crippen molar-refractivity contribution in [2.24, 2.45) is 4.99 Å². The van der Waals surface area contributed by atoms with Crippen molar-refractivity contribution in [3.05, 3.63) is 0 Å². The second kappa shape index (κ2) is 10.4. The number of piperidine rings is 1. The van der Waals surface area contributed by atoms with Gasteiger partial charge in [-0.05, 0) is 71.2 Å². The van der Waals surface area contributed by atoms with Gasteiger partial charge in [0.15, 0.2) is 5.96 Å². The molecule has 2 N–H and O–H groups in total. The zero-order chi connectivity index (χ0) is 16.5. The maximum absolute atomic E-state index is 4.38. The predicted molar refractivity (Wildman–Crippen MR) is 104 cm³/mol. The molecule has 1 saturated heterocycles. The molecule has 0 bridgehead atoms. The summed E-state index contributed by atoms with van der Waals surface area (Å²) in [6, 6.07) is 1.39. The molecule has 5 heteroatoms. The van der Waals surface area contributed by atoms with Gasteiger partial charge < -0.3 is 15.5 Å². The number of rotatable bonds is 7. The molecule has 2 aliphatic rings. The van der Waals surface area contributed by atoms with Gasteiger partial charge >= 0.3 is 0 Å². The van der Waals surface area contributed by atoms with Crippen LogP contribution < -0.4 is 10.6 Å². The van der Waals surface area contributed by atoms with Crippen molar-refractivity contribution in [1.82, 2.24) is 15.5 Å². The molecular weight excluding hydrogens is 304 g/mol. The molecule has 0 aromatic heterocycles. The minimum absolute atomic E-state index is 0.604. The Morgan fingerprint density at radius 2 is 2.09 bits per heavy atom. The van der Waals surface area contributed by atoms with E-state index in [9.17, 15) is 0 Å². The van der Waals surface area contributed by atoms with Gasteiger partial charge in [-0.1, -0.05) is 6.42 Å². The molecule has 4 nitrogen and oxygen atoms in total. The largest absolute Gasteiger partial charge is 0.356 e. The molecule has 23 heavy (non-hydrogen) atoms. The third-order valence-corrected chi connectivity index (χ3v) is 6.48. The molecule has 0 aromatic rings. The van der Waals surface area contributed by atoms with Crippen LogP contribution >= 0.6 is 11.8 Å². The fourth-order valence-electron chi connectivity index (χ4n) is 3.81. The summed E-state index contributed by atoms with van der Waals surface area (Å²) in [5.41, 5.74) is 0. The van der Waals surface area contributed by atoms with Gasteiger partial charge in [0.25, 0.3) is 0 Å². The minimum Gasteiger partial charge on any atom is -0.356 e. The van der Waals surface area contributed by atoms with Gasteiger partial charge in [-0.3, -0.25) is 4.99 Å². The summed E-state index contributed by atoms with van der Waals surface area (Å²) in [7, 11) is 1.88. The van der Waals surface area contributed by atoms with E-state index >= 15 is 0 Å². The SMILES string of the molecule is CN=C(NCCCCN1CCCCC1C)NC1CCC(SC)C1. The van der Waals surface area contributed by atoms with Crippen LogP contribution in [0.5, 0.6) is 0 Å². The monoisotopic (exact) mass is 340 g/mol. The van der Waals surface area contributed by atoms with E-state index in [0.29, 0.717) is 6.04 Å². The quantitative estimate of drug-likeness (QED) is 0.424. The molecule has 0 radical (unpaired) electrons. The average molecular weight is 341 g/mol. The summed E-state index contributed by atoms with van der Waals surface area (Å²) in [6.07, 6.45) is 12.8. The zero-order valence-corrected chi connectivity index (χ0v) is 16.1. The standard InChI is InChI=1S/C18H36N4S/c1-15-8-4-6-12-22(15)13-7-5-11-20-18(19-2)21-16-9-10-17(14-16)23-3/h15-17H,4-14H2,1-3H3,(H2,19,20,21). The van der Waals surface area contributed by atoms with Crippen LogP contribution in [0.1, 0.15) is 58.3 Å². The fourth-order valence-corrected chi connectivity index (χ4v) is 4.61. The van der Waals surface area contributed by atoms with Crippen molar-refractivity contribution >= 4 is 17.7 Å². The summed E-state index contributed by atoms with van der Waals surface area (Å²) in [4.78, 5) is 7.04. The summed E-state index contributed by atoms with van der Waals surface area (Å²) in [5, 5.41) is 7.91. The number of guanidine groups is 1. The third kappa shape index (κ3) is 6.54. The smallest absolute Gasteiger partial charge is 0.191 e. The molecule has 1 aliphatic heterocycles. The molecule has 1 heterocycles. The highest BCUT2D eigenvalue weighted by Crippen LogP contribution is 2.28. The Labute approximate surface area is 147 Å². The molecule has 3 atom stereocenters. The first-order valence-electron chi connectivity index (χ1n) is 9.47. The fraction of sp³-hybridized carbons (Fsp3) is 0.944. The van der Waals surface area contributed by atoms with Crippen molar-refractivity contribution in [1.29, 1.82) is 0 Å². The van der Waals surface area contributed by atoms with Crippen LogP contribution in [0.15, 0.2) is 4.99 Å². The second-order valence-electron chi connectivity index (χ2n) is 7.10. The van der Waals surface area contributed by atoms with Crippen LogP contribution in [0.2, 0.25) is 0 Å². The number of aliphatic imine (C=N–C) groups is 1. The summed E-state index contributed by atoms with van der Waals surface area (Å²) in [6.45, 7) is 5.97. The van der Waals surface area contributed by atoms with Crippen LogP contribution in [0.25, 0.3) is 0 Å². The van der Waals surface area contributed by atoms with E-state index in [-0.39, 0.29) is 0 Å². The molecule has 0 spiro atoms. The second-order valence-corrected chi connectivity index (χ2v) is 8.24. The van der Waals surface area contributed by atoms with Crippen molar-refractivity contribution in [2.75, 3.05) is 32.9 Å². The number of thioether (sulfide) groups is 1. The lowest BCUT2D eigenvalue weighted by Gasteiger charge is -2.33. The van der Waals surface area contributed by atoms with Crippen LogP contribution in [-0.4, -0.2) is 61.1 Å². The Morgan fingerprint density at radius 3 is 2.78 bits per heavy atom. The number of nitrogens with one attached hydrogen (secondary N) is 2. The van der Waals surface area contributed by atoms with Gasteiger partial charge in [0.2, 0.25) is 0 Å². The molecule has 0 amide bonds. The lowest BCUT2D eigenvalue weighted by atomic mass is 10.0. The van der Waals surface area contributed by atoms with E-state index in [1.165, 1.54) is 64.5 Å². The van der Waals surface area contributed by atoms with Crippen molar-refractivity contribution in [2.45, 2.75) is 75.6 Å². The Hall–Kier alpha value is -0.420. The summed E-state index contributed by atoms with van der Waals surface area (Å²) >= 11 is 2.00. The first-order chi connectivity index (χ1) is 11.2. The first kappa shape index (κ1) is 18.9. The molecule has 2 fully saturated rings. The van der Waals surface area contributed by atoms with Crippen LogP contribution in [0.3, 0.4) is 0 Å². The number of unbranched alkanes of at least 4 members (excludes halogenated alkanes) is 1. The maximum atomic E-state index is 4.38. The minimum atomic E-state index is 0.604. The van der Waals surface area contributed by atoms with Gasteiger partial charge in [-0.2, -0.15) is 11.8 Å². The van der Waals surface area contributed by atoms with Crippen LogP contribution in [0.4, 0.5) is 0 Å². The number of hydrogen-bond acceptors (Lipinski definition) is 3. The van der Waals surface area contributed by atoms with Crippen molar-refractivity contribution < 1.29 is 0 Å². The van der Waals surface area contributed by atoms with Crippen LogP contribution in [0, 0.1) is 0 Å². The molecule has 1 saturated carbocycles. The Balaban J connectivity index is 1.55. The highest BCUT2D eigenvalue weighted by atomic mass is 32.2. The van der Waals surface area contributed by atoms with Gasteiger partial charge in [0, 0.05) is 30.9 Å². The lowest BCUT2D eigenvalue weighted by molar-refractivity contribution is 0.158. The third-order valence-electron chi connectivity index (χ3n) is 5.39. The molecule has 3 unspecified atom stereocenters. The van der Waals surface area contributed by atoms with Crippen molar-refractivity contribution in [3.8, 4) is 0 Å². The highest BCUT2D eigenvalue weighted by molar-refractivity contribution is 7.99. The summed E-state index contributed by atoms with van der Waals surface area (Å²) in [5.74, 6) is 0.989. The summed E-state index contributed by atoms with van der Waals surface area (Å²) < 4.78 is 0. The van der Waals surface area contributed by atoms with Crippen LogP contribution in [-0.2, 0) is 0 Å². The molecular formula is C18H36N4S. The molecule has 134 valence electrons. The maximum Gasteiger partial charge on any atom is 0.191 e. The van der Waals surface area contributed by atoms with E-state index in [0.717, 1.165) is 23.8 Å². The van der Waals surface area contributed by atoms with Gasteiger partial charge in [0.05, 0.1) is 0 Å². The number of likely N-dealkylation sites (tertiary alicyclic amines) is 1. The topological polar surface area (TPSA) is 39.7 Å². The number of hydrogen-bond donors (Lipinski definition) is 2. The molecule has 1 aliphatic carbocycles. The van der Waals surface area contributed by atoms with E-state index in [1.807, 2.05) is 18.8 Å². The van der Waals surface area contributed by atoms with E-state index in [1.54, 1.807) is 0 Å². The van der Waals surface area contributed by atoms with E-state index in [2.05, 4.69) is 33.7 Å². The van der Waals surface area contributed by atoms with E-state index in [4.69, 9.17) is 0 Å². The van der Waals surface area contributed by atoms with E-state index < -0.39 is 0 Å². The van der Waals surface area contributed by atoms with Gasteiger partial charge in [-0.25, -0.2) is 0 Å². The molecule has 0 aromatic carbocycles.